The molecule has 0 atom stereocenters. The average Bonchev–Trinajstić information content (AvgIpc) is 2.02. The van der Waals surface area contributed by atoms with Crippen molar-refractivity contribution in [3.05, 3.63) is 12.7 Å². The fraction of sp³-hybridized carbons (Fsp3) is 0.800. The van der Waals surface area contributed by atoms with Gasteiger partial charge in [-0.15, -0.1) is 6.58 Å². The quantitative estimate of drug-likeness (QED) is 0.638. The Morgan fingerprint density at radius 3 is 2.92 bits per heavy atom. The minimum absolute atomic E-state index is 0.321. The Hall–Kier alpha value is -0.340. The van der Waals surface area contributed by atoms with Gasteiger partial charge in [-0.2, -0.15) is 0 Å². The number of piperazine rings is 1. The molecular weight excluding hydrogens is 148 g/mol. The summed E-state index contributed by atoms with van der Waals surface area (Å²) in [6, 6.07) is 0. The van der Waals surface area contributed by atoms with E-state index in [1.807, 2.05) is 6.08 Å². The first kappa shape index (κ1) is 9.75. The first-order valence-corrected chi connectivity index (χ1v) is 4.73. The number of hydrogen-bond acceptors (Lipinski definition) is 2. The van der Waals surface area contributed by atoms with Crippen LogP contribution in [-0.4, -0.2) is 36.6 Å². The first-order chi connectivity index (χ1) is 5.67. The molecule has 0 aromatic carbocycles. The Morgan fingerprint density at radius 1 is 1.58 bits per heavy atom. The van der Waals surface area contributed by atoms with E-state index in [1.54, 1.807) is 0 Å². The summed E-state index contributed by atoms with van der Waals surface area (Å²) in [5.74, 6) is 0. The summed E-state index contributed by atoms with van der Waals surface area (Å²) in [5, 5.41) is 3.41. The molecule has 0 bridgehead atoms. The van der Waals surface area contributed by atoms with Crippen molar-refractivity contribution < 1.29 is 0 Å². The SMILES string of the molecule is C=CCCN1CCNCC1(C)C. The number of nitrogens with zero attached hydrogens (tertiary/aromatic N) is 1. The lowest BCUT2D eigenvalue weighted by molar-refractivity contribution is 0.0929. The Morgan fingerprint density at radius 2 is 2.33 bits per heavy atom. The van der Waals surface area contributed by atoms with E-state index in [0.29, 0.717) is 5.54 Å². The van der Waals surface area contributed by atoms with E-state index in [9.17, 15) is 0 Å². The second-order valence-corrected chi connectivity index (χ2v) is 4.05. The van der Waals surface area contributed by atoms with E-state index in [-0.39, 0.29) is 0 Å². The van der Waals surface area contributed by atoms with E-state index < -0.39 is 0 Å². The molecule has 1 aliphatic heterocycles. The fourth-order valence-corrected chi connectivity index (χ4v) is 1.68. The van der Waals surface area contributed by atoms with Crippen LogP contribution in [0.2, 0.25) is 0 Å². The number of hydrogen-bond donors (Lipinski definition) is 1. The van der Waals surface area contributed by atoms with Crippen LogP contribution in [0.1, 0.15) is 20.3 Å². The smallest absolute Gasteiger partial charge is 0.0278 e. The summed E-state index contributed by atoms with van der Waals surface area (Å²) < 4.78 is 0. The van der Waals surface area contributed by atoms with Crippen molar-refractivity contribution in [1.29, 1.82) is 0 Å². The van der Waals surface area contributed by atoms with Crippen molar-refractivity contribution >= 4 is 0 Å². The highest BCUT2D eigenvalue weighted by Gasteiger charge is 2.28. The van der Waals surface area contributed by atoms with Gasteiger partial charge in [0.2, 0.25) is 0 Å². The van der Waals surface area contributed by atoms with Crippen LogP contribution in [0.25, 0.3) is 0 Å². The highest BCUT2D eigenvalue weighted by Crippen LogP contribution is 2.15. The van der Waals surface area contributed by atoms with Gasteiger partial charge >= 0.3 is 0 Å². The molecule has 0 aromatic heterocycles. The maximum Gasteiger partial charge on any atom is 0.0278 e. The molecule has 0 aromatic rings. The molecule has 1 N–H and O–H groups in total. The van der Waals surface area contributed by atoms with Crippen molar-refractivity contribution in [2.24, 2.45) is 0 Å². The molecule has 1 heterocycles. The maximum absolute atomic E-state index is 3.75. The maximum atomic E-state index is 3.75. The van der Waals surface area contributed by atoms with E-state index in [1.165, 1.54) is 6.54 Å². The molecule has 1 saturated heterocycles. The van der Waals surface area contributed by atoms with Gasteiger partial charge in [-0.3, -0.25) is 4.90 Å². The molecule has 70 valence electrons. The van der Waals surface area contributed by atoms with Crippen molar-refractivity contribution in [1.82, 2.24) is 10.2 Å². The molecule has 1 rings (SSSR count). The second kappa shape index (κ2) is 4.06. The van der Waals surface area contributed by atoms with Gasteiger partial charge in [-0.25, -0.2) is 0 Å². The molecule has 12 heavy (non-hydrogen) atoms. The minimum Gasteiger partial charge on any atom is -0.314 e. The molecule has 1 aliphatic rings. The number of rotatable bonds is 3. The molecule has 0 radical (unpaired) electrons. The lowest BCUT2D eigenvalue weighted by Gasteiger charge is -2.42. The molecule has 2 heteroatoms. The van der Waals surface area contributed by atoms with E-state index in [4.69, 9.17) is 0 Å². The third-order valence-corrected chi connectivity index (χ3v) is 2.58. The van der Waals surface area contributed by atoms with Crippen LogP contribution in [-0.2, 0) is 0 Å². The fourth-order valence-electron chi connectivity index (χ4n) is 1.68. The van der Waals surface area contributed by atoms with E-state index in [2.05, 4.69) is 30.6 Å². The van der Waals surface area contributed by atoms with Gasteiger partial charge in [0.05, 0.1) is 0 Å². The van der Waals surface area contributed by atoms with Gasteiger partial charge in [-0.05, 0) is 20.3 Å². The number of nitrogens with one attached hydrogen (secondary N) is 1. The van der Waals surface area contributed by atoms with Crippen LogP contribution in [0, 0.1) is 0 Å². The molecule has 2 nitrogen and oxygen atoms in total. The molecule has 0 amide bonds. The van der Waals surface area contributed by atoms with Crippen LogP contribution in [0.3, 0.4) is 0 Å². The summed E-state index contributed by atoms with van der Waals surface area (Å²) in [6.07, 6.45) is 3.10. The van der Waals surface area contributed by atoms with Gasteiger partial charge in [0.1, 0.15) is 0 Å². The first-order valence-electron chi connectivity index (χ1n) is 4.73. The summed E-state index contributed by atoms with van der Waals surface area (Å²) in [4.78, 5) is 2.53. The molecule has 0 saturated carbocycles. The van der Waals surface area contributed by atoms with Crippen LogP contribution in [0.15, 0.2) is 12.7 Å². The monoisotopic (exact) mass is 168 g/mol. The van der Waals surface area contributed by atoms with Gasteiger partial charge in [0.25, 0.3) is 0 Å². The normalized spacial score (nSPS) is 23.8. The molecule has 0 spiro atoms. The molecule has 0 unspecified atom stereocenters. The van der Waals surface area contributed by atoms with Crippen LogP contribution < -0.4 is 5.32 Å². The average molecular weight is 168 g/mol. The standard InChI is InChI=1S/C10H20N2/c1-4-5-7-12-8-6-11-9-10(12,2)3/h4,11H,1,5-9H2,2-3H3. The lowest BCUT2D eigenvalue weighted by Crippen LogP contribution is -2.57. The third kappa shape index (κ3) is 2.32. The molecule has 1 fully saturated rings. The summed E-state index contributed by atoms with van der Waals surface area (Å²) >= 11 is 0. The van der Waals surface area contributed by atoms with E-state index >= 15 is 0 Å². The Kier molecular flexibility index (Phi) is 3.29. The topological polar surface area (TPSA) is 15.3 Å². The summed E-state index contributed by atoms with van der Waals surface area (Å²) in [6.45, 7) is 12.9. The zero-order valence-electron chi connectivity index (χ0n) is 8.27. The van der Waals surface area contributed by atoms with E-state index in [0.717, 1.165) is 26.1 Å². The van der Waals surface area contributed by atoms with Crippen molar-refractivity contribution in [2.75, 3.05) is 26.2 Å². The van der Waals surface area contributed by atoms with Gasteiger partial charge in [0, 0.05) is 31.7 Å². The van der Waals surface area contributed by atoms with Gasteiger partial charge in [-0.1, -0.05) is 6.08 Å². The zero-order chi connectivity index (χ0) is 9.03. The van der Waals surface area contributed by atoms with Crippen molar-refractivity contribution in [3.63, 3.8) is 0 Å². The summed E-state index contributed by atoms with van der Waals surface area (Å²) in [7, 11) is 0. The lowest BCUT2D eigenvalue weighted by atomic mass is 10.00. The molecule has 0 aliphatic carbocycles. The Bertz CT molecular complexity index is 152. The predicted octanol–water partition coefficient (Wildman–Crippen LogP) is 1.25. The van der Waals surface area contributed by atoms with Crippen molar-refractivity contribution in [3.8, 4) is 0 Å². The predicted molar refractivity (Wildman–Crippen MR) is 53.3 cm³/mol. The van der Waals surface area contributed by atoms with Gasteiger partial charge < -0.3 is 5.32 Å². The third-order valence-electron chi connectivity index (χ3n) is 2.58. The highest BCUT2D eigenvalue weighted by atomic mass is 15.2. The summed E-state index contributed by atoms with van der Waals surface area (Å²) in [5.41, 5.74) is 0.321. The Labute approximate surface area is 75.6 Å². The minimum atomic E-state index is 0.321. The van der Waals surface area contributed by atoms with Crippen LogP contribution >= 0.6 is 0 Å². The van der Waals surface area contributed by atoms with Crippen LogP contribution in [0.5, 0.6) is 0 Å². The zero-order valence-corrected chi connectivity index (χ0v) is 8.27. The highest BCUT2D eigenvalue weighted by molar-refractivity contribution is 4.89. The van der Waals surface area contributed by atoms with Gasteiger partial charge in [0.15, 0.2) is 0 Å². The van der Waals surface area contributed by atoms with Crippen molar-refractivity contribution in [2.45, 2.75) is 25.8 Å². The molecular formula is C10H20N2. The second-order valence-electron chi connectivity index (χ2n) is 4.05. The van der Waals surface area contributed by atoms with Crippen LogP contribution in [0.4, 0.5) is 0 Å². The largest absolute Gasteiger partial charge is 0.314 e. The Balaban J connectivity index is 2.42.